The second kappa shape index (κ2) is 7.81. The number of sulfonamides is 1. The number of carbonyl (C=O) groups excluding carboxylic acids is 1. The van der Waals surface area contributed by atoms with Crippen LogP contribution in [0.2, 0.25) is 0 Å². The number of rotatable bonds is 4. The van der Waals surface area contributed by atoms with Gasteiger partial charge < -0.3 is 14.4 Å². The Morgan fingerprint density at radius 2 is 2.00 bits per heavy atom. The SMILES string of the molecule is Cc1ccc([S+](=O)([O-])N2CCCC2C(=O)N2CCC(c3nc4ccncc4[nH]3)C2)cc1. The number of H-pyrrole nitrogens is 1. The number of likely N-dealkylation sites (tertiary alicyclic amines) is 1. The molecule has 2 saturated heterocycles. The summed E-state index contributed by atoms with van der Waals surface area (Å²) >= 11 is 0. The number of aryl methyl sites for hydroxylation is 1. The van der Waals surface area contributed by atoms with Gasteiger partial charge in [-0.15, -0.1) is 4.31 Å². The molecule has 8 nitrogen and oxygen atoms in total. The van der Waals surface area contributed by atoms with Crippen LogP contribution in [0.4, 0.5) is 0 Å². The third-order valence-electron chi connectivity index (χ3n) is 6.30. The average Bonchev–Trinajstić information content (AvgIpc) is 3.52. The molecule has 162 valence electrons. The highest BCUT2D eigenvalue weighted by Gasteiger charge is 2.46. The van der Waals surface area contributed by atoms with Crippen LogP contribution in [-0.2, 0) is 19.4 Å². The number of amides is 1. The van der Waals surface area contributed by atoms with Gasteiger partial charge in [-0.3, -0.25) is 9.78 Å². The summed E-state index contributed by atoms with van der Waals surface area (Å²) in [5.41, 5.74) is 2.74. The highest BCUT2D eigenvalue weighted by Crippen LogP contribution is 2.33. The number of benzene rings is 1. The Balaban J connectivity index is 1.32. The largest absolute Gasteiger partial charge is 0.593 e. The van der Waals surface area contributed by atoms with Crippen LogP contribution in [0.25, 0.3) is 11.0 Å². The Bertz CT molecular complexity index is 1130. The predicted octanol–water partition coefficient (Wildman–Crippen LogP) is 2.65. The van der Waals surface area contributed by atoms with Crippen LogP contribution in [0.15, 0.2) is 47.6 Å². The third-order valence-corrected chi connectivity index (χ3v) is 8.23. The number of pyridine rings is 1. The predicted molar refractivity (Wildman–Crippen MR) is 116 cm³/mol. The van der Waals surface area contributed by atoms with E-state index in [9.17, 15) is 13.6 Å². The smallest absolute Gasteiger partial charge is 0.244 e. The Morgan fingerprint density at radius 3 is 2.77 bits per heavy atom. The number of fused-ring (bicyclic) bond motifs is 1. The van der Waals surface area contributed by atoms with E-state index in [-0.39, 0.29) is 16.7 Å². The van der Waals surface area contributed by atoms with Crippen molar-refractivity contribution in [1.82, 2.24) is 24.2 Å². The quantitative estimate of drug-likeness (QED) is 0.629. The van der Waals surface area contributed by atoms with Crippen molar-refractivity contribution in [2.45, 2.75) is 43.0 Å². The number of aromatic amines is 1. The van der Waals surface area contributed by atoms with Crippen molar-refractivity contribution in [1.29, 1.82) is 0 Å². The molecule has 3 aromatic rings. The molecule has 1 aromatic carbocycles. The second-order valence-electron chi connectivity index (χ2n) is 8.37. The van der Waals surface area contributed by atoms with Gasteiger partial charge in [-0.1, -0.05) is 21.9 Å². The van der Waals surface area contributed by atoms with Crippen molar-refractivity contribution < 1.29 is 13.6 Å². The van der Waals surface area contributed by atoms with Crippen molar-refractivity contribution in [3.63, 3.8) is 0 Å². The summed E-state index contributed by atoms with van der Waals surface area (Å²) in [6.45, 7) is 3.44. The first kappa shape index (κ1) is 20.3. The molecule has 9 heteroatoms. The number of hydrogen-bond acceptors (Lipinski definition) is 5. The number of hydrogen-bond donors (Lipinski definition) is 1. The zero-order valence-electron chi connectivity index (χ0n) is 17.4. The van der Waals surface area contributed by atoms with Crippen LogP contribution in [0.5, 0.6) is 0 Å². The molecule has 0 saturated carbocycles. The molecule has 0 radical (unpaired) electrons. The fraction of sp³-hybridized carbons (Fsp3) is 0.409. The molecule has 3 atom stereocenters. The molecule has 4 heterocycles. The summed E-state index contributed by atoms with van der Waals surface area (Å²) in [6, 6.07) is 8.03. The van der Waals surface area contributed by atoms with Gasteiger partial charge in [-0.25, -0.2) is 4.98 Å². The van der Waals surface area contributed by atoms with Crippen molar-refractivity contribution in [3.8, 4) is 0 Å². The molecule has 1 amide bonds. The van der Waals surface area contributed by atoms with Crippen molar-refractivity contribution in [2.24, 2.45) is 0 Å². The van der Waals surface area contributed by atoms with E-state index in [2.05, 4.69) is 15.0 Å². The van der Waals surface area contributed by atoms with Crippen molar-refractivity contribution in [2.75, 3.05) is 19.6 Å². The normalized spacial score (nSPS) is 24.0. The Hall–Kier alpha value is -2.62. The van der Waals surface area contributed by atoms with Gasteiger partial charge in [0.2, 0.25) is 5.91 Å². The lowest BCUT2D eigenvalue weighted by atomic mass is 10.1. The zero-order valence-corrected chi connectivity index (χ0v) is 18.2. The van der Waals surface area contributed by atoms with E-state index in [4.69, 9.17) is 0 Å². The number of imidazole rings is 1. The lowest BCUT2D eigenvalue weighted by Crippen LogP contribution is -2.49. The lowest BCUT2D eigenvalue weighted by Gasteiger charge is -2.30. The molecule has 31 heavy (non-hydrogen) atoms. The highest BCUT2D eigenvalue weighted by atomic mass is 32.3. The molecule has 1 N–H and O–H groups in total. The molecule has 2 aliphatic heterocycles. The second-order valence-corrected chi connectivity index (χ2v) is 10.3. The number of nitrogens with zero attached hydrogens (tertiary/aromatic N) is 4. The van der Waals surface area contributed by atoms with Gasteiger partial charge in [-0.05, 0) is 44.4 Å². The van der Waals surface area contributed by atoms with Gasteiger partial charge in [0, 0.05) is 31.7 Å². The molecule has 2 aliphatic rings. The minimum Gasteiger partial charge on any atom is -0.593 e. The maximum atomic E-state index is 13.3. The van der Waals surface area contributed by atoms with Crippen LogP contribution in [0, 0.1) is 6.92 Å². The fourth-order valence-electron chi connectivity index (χ4n) is 4.58. The monoisotopic (exact) mass is 439 g/mol. The molecule has 3 unspecified atom stereocenters. The van der Waals surface area contributed by atoms with E-state index in [1.165, 1.54) is 4.31 Å². The topological polar surface area (TPSA) is 105 Å². The highest BCUT2D eigenvalue weighted by molar-refractivity contribution is 7.95. The lowest BCUT2D eigenvalue weighted by molar-refractivity contribution is -0.133. The molecule has 2 aromatic heterocycles. The Morgan fingerprint density at radius 1 is 1.19 bits per heavy atom. The maximum Gasteiger partial charge on any atom is 0.244 e. The van der Waals surface area contributed by atoms with Crippen LogP contribution in [0.1, 0.15) is 36.6 Å². The van der Waals surface area contributed by atoms with Gasteiger partial charge in [0.25, 0.3) is 0 Å². The molecule has 0 bridgehead atoms. The average molecular weight is 440 g/mol. The minimum absolute atomic E-state index is 0.103. The molecule has 0 aliphatic carbocycles. The van der Waals surface area contributed by atoms with E-state index >= 15 is 0 Å². The summed E-state index contributed by atoms with van der Waals surface area (Å²) in [7, 11) is -3.70. The van der Waals surface area contributed by atoms with E-state index in [1.807, 2.05) is 13.0 Å². The molecule has 2 fully saturated rings. The standard InChI is InChI=1S/C22H25N5O3S/c1-15-4-6-17(7-5-15)31(29,30)27-11-2-3-20(27)22(28)26-12-9-16(14-26)21-24-18-8-10-23-13-19(18)25-21/h4-8,10,13,16,20H,2-3,9,11-12,14H2,1H3,(H-,23,24,25,29,30). The molecule has 5 rings (SSSR count). The van der Waals surface area contributed by atoms with E-state index in [1.54, 1.807) is 41.6 Å². The van der Waals surface area contributed by atoms with Crippen molar-refractivity contribution in [3.05, 3.63) is 54.1 Å². The Labute approximate surface area is 182 Å². The maximum absolute atomic E-state index is 13.3. The van der Waals surface area contributed by atoms with Gasteiger partial charge in [0.05, 0.1) is 17.2 Å². The molecular weight excluding hydrogens is 414 g/mol. The third kappa shape index (κ3) is 3.66. The fourth-order valence-corrected chi connectivity index (χ4v) is 6.24. The zero-order chi connectivity index (χ0) is 21.6. The first-order valence-corrected chi connectivity index (χ1v) is 12.0. The van der Waals surface area contributed by atoms with E-state index in [0.717, 1.165) is 28.8 Å². The van der Waals surface area contributed by atoms with Crippen LogP contribution in [-0.4, -0.2) is 60.3 Å². The first-order chi connectivity index (χ1) is 14.9. The van der Waals surface area contributed by atoms with Gasteiger partial charge in [-0.2, -0.15) is 0 Å². The number of nitrogens with one attached hydrogen (secondary N) is 1. The van der Waals surface area contributed by atoms with Gasteiger partial charge in [0.15, 0.2) is 15.3 Å². The van der Waals surface area contributed by atoms with E-state index < -0.39 is 16.4 Å². The number of carbonyl (C=O) groups is 1. The van der Waals surface area contributed by atoms with Crippen LogP contribution < -0.4 is 0 Å². The van der Waals surface area contributed by atoms with E-state index in [0.29, 0.717) is 32.5 Å². The van der Waals surface area contributed by atoms with Gasteiger partial charge >= 0.3 is 0 Å². The summed E-state index contributed by atoms with van der Waals surface area (Å²) in [4.78, 5) is 27.4. The molecular formula is C22H25N5O3S. The summed E-state index contributed by atoms with van der Waals surface area (Å²) < 4.78 is 27.8. The van der Waals surface area contributed by atoms with Gasteiger partial charge in [0.1, 0.15) is 11.9 Å². The molecule has 0 spiro atoms. The Kier molecular flexibility index (Phi) is 5.11. The number of aromatic nitrogens is 3. The summed E-state index contributed by atoms with van der Waals surface area (Å²) in [6.07, 6.45) is 5.50. The minimum atomic E-state index is -3.70. The summed E-state index contributed by atoms with van der Waals surface area (Å²) in [5.74, 6) is 0.863. The van der Waals surface area contributed by atoms with Crippen LogP contribution >= 0.6 is 0 Å². The summed E-state index contributed by atoms with van der Waals surface area (Å²) in [5, 5.41) is 0. The van der Waals surface area contributed by atoms with Crippen molar-refractivity contribution >= 4 is 27.3 Å². The van der Waals surface area contributed by atoms with Crippen LogP contribution in [0.3, 0.4) is 0 Å². The first-order valence-electron chi connectivity index (χ1n) is 10.6.